The van der Waals surface area contributed by atoms with Crippen LogP contribution in [-0.4, -0.2) is 23.8 Å². The molecule has 0 aromatic heterocycles. The fourth-order valence-corrected chi connectivity index (χ4v) is 1.90. The van der Waals surface area contributed by atoms with Crippen molar-refractivity contribution < 1.29 is 9.90 Å². The van der Waals surface area contributed by atoms with Crippen LogP contribution in [0.15, 0.2) is 24.3 Å². The minimum atomic E-state index is -0.163. The lowest BCUT2D eigenvalue weighted by Gasteiger charge is -2.26. The number of hydrogen-bond donors (Lipinski definition) is 3. The van der Waals surface area contributed by atoms with Gasteiger partial charge in [0, 0.05) is 18.2 Å². The first-order valence-electron chi connectivity index (χ1n) is 6.51. The van der Waals surface area contributed by atoms with Crippen LogP contribution >= 0.6 is 0 Å². The van der Waals surface area contributed by atoms with Crippen LogP contribution in [0.25, 0.3) is 0 Å². The Kier molecular flexibility index (Phi) is 4.82. The summed E-state index contributed by atoms with van der Waals surface area (Å²) in [4.78, 5) is 11.6. The average Bonchev–Trinajstić information content (AvgIpc) is 2.39. The van der Waals surface area contributed by atoms with Gasteiger partial charge in [-0.15, -0.1) is 0 Å². The van der Waals surface area contributed by atoms with Gasteiger partial charge in [0.1, 0.15) is 6.61 Å². The highest BCUT2D eigenvalue weighted by Gasteiger charge is 2.18. The molecule has 19 heavy (non-hydrogen) atoms. The molecule has 1 saturated carbocycles. The van der Waals surface area contributed by atoms with Gasteiger partial charge in [0.25, 0.3) is 0 Å². The van der Waals surface area contributed by atoms with Gasteiger partial charge < -0.3 is 15.7 Å². The van der Waals surface area contributed by atoms with Gasteiger partial charge in [0.2, 0.25) is 0 Å². The molecular weight excluding hydrogens is 240 g/mol. The number of nitrogens with one attached hydrogen (secondary N) is 2. The van der Waals surface area contributed by atoms with Crippen LogP contribution < -0.4 is 10.6 Å². The Labute approximate surface area is 113 Å². The van der Waals surface area contributed by atoms with E-state index in [4.69, 9.17) is 5.11 Å². The molecule has 4 heteroatoms. The summed E-state index contributed by atoms with van der Waals surface area (Å²) in [6.45, 7) is 0.277. The van der Waals surface area contributed by atoms with Crippen LogP contribution in [0.3, 0.4) is 0 Å². The molecule has 1 fully saturated rings. The van der Waals surface area contributed by atoms with E-state index in [1.54, 1.807) is 0 Å². The Hall–Kier alpha value is -1.99. The lowest BCUT2D eigenvalue weighted by atomic mass is 9.93. The molecule has 2 rings (SSSR count). The van der Waals surface area contributed by atoms with Gasteiger partial charge in [-0.25, -0.2) is 4.79 Å². The predicted octanol–water partition coefficient (Wildman–Crippen LogP) is 1.38. The fourth-order valence-electron chi connectivity index (χ4n) is 1.90. The van der Waals surface area contributed by atoms with E-state index in [1.165, 1.54) is 6.42 Å². The van der Waals surface area contributed by atoms with E-state index in [9.17, 15) is 4.79 Å². The van der Waals surface area contributed by atoms with Crippen molar-refractivity contribution in [3.05, 3.63) is 35.4 Å². The van der Waals surface area contributed by atoms with Gasteiger partial charge in [-0.2, -0.15) is 0 Å². The third-order valence-electron chi connectivity index (χ3n) is 3.20. The second kappa shape index (κ2) is 6.81. The lowest BCUT2D eigenvalue weighted by molar-refractivity contribution is 0.228. The van der Waals surface area contributed by atoms with Crippen molar-refractivity contribution in [3.8, 4) is 11.8 Å². The van der Waals surface area contributed by atoms with Crippen LogP contribution in [0.1, 0.15) is 30.4 Å². The normalized spacial score (nSPS) is 13.9. The van der Waals surface area contributed by atoms with Crippen molar-refractivity contribution in [2.45, 2.75) is 31.8 Å². The number of urea groups is 1. The number of carbonyl (C=O) groups is 1. The van der Waals surface area contributed by atoms with Crippen LogP contribution in [0, 0.1) is 11.8 Å². The topological polar surface area (TPSA) is 61.4 Å². The third-order valence-corrected chi connectivity index (χ3v) is 3.20. The van der Waals surface area contributed by atoms with Crippen LogP contribution in [0.2, 0.25) is 0 Å². The summed E-state index contributed by atoms with van der Waals surface area (Å²) in [5, 5.41) is 14.5. The highest BCUT2D eigenvalue weighted by atomic mass is 16.2. The molecule has 0 radical (unpaired) electrons. The van der Waals surface area contributed by atoms with E-state index in [-0.39, 0.29) is 12.6 Å². The summed E-state index contributed by atoms with van der Waals surface area (Å²) < 4.78 is 0. The molecular formula is C15H18N2O2. The Morgan fingerprint density at radius 2 is 2.16 bits per heavy atom. The minimum absolute atomic E-state index is 0.130. The molecule has 1 aliphatic carbocycles. The van der Waals surface area contributed by atoms with Gasteiger partial charge in [0.05, 0.1) is 0 Å². The second-order valence-corrected chi connectivity index (χ2v) is 4.57. The van der Waals surface area contributed by atoms with E-state index in [0.717, 1.165) is 24.0 Å². The highest BCUT2D eigenvalue weighted by molar-refractivity contribution is 5.74. The smallest absolute Gasteiger partial charge is 0.315 e. The number of benzene rings is 1. The standard InChI is InChI=1S/C15H18N2O2/c18-10-4-7-12-5-1-2-6-13(12)11-16-15(19)17-14-8-3-9-14/h1-2,5-6,14,18H,3,8-11H2,(H2,16,17,19). The van der Waals surface area contributed by atoms with E-state index in [2.05, 4.69) is 22.5 Å². The Morgan fingerprint density at radius 1 is 1.37 bits per heavy atom. The molecule has 0 spiro atoms. The van der Waals surface area contributed by atoms with Crippen LogP contribution in [0.5, 0.6) is 0 Å². The number of hydrogen-bond acceptors (Lipinski definition) is 2. The van der Waals surface area contributed by atoms with Gasteiger partial charge >= 0.3 is 6.03 Å². The van der Waals surface area contributed by atoms with Crippen LogP contribution in [0.4, 0.5) is 4.79 Å². The maximum Gasteiger partial charge on any atom is 0.315 e. The zero-order valence-corrected chi connectivity index (χ0v) is 10.8. The summed E-state index contributed by atoms with van der Waals surface area (Å²) in [6, 6.07) is 7.80. The van der Waals surface area contributed by atoms with Crippen molar-refractivity contribution in [1.82, 2.24) is 10.6 Å². The number of aliphatic hydroxyl groups is 1. The molecule has 0 aliphatic heterocycles. The van der Waals surface area contributed by atoms with Gasteiger partial charge in [0.15, 0.2) is 0 Å². The quantitative estimate of drug-likeness (QED) is 0.717. The molecule has 1 aromatic carbocycles. The number of aliphatic hydroxyl groups excluding tert-OH is 1. The largest absolute Gasteiger partial charge is 0.384 e. The second-order valence-electron chi connectivity index (χ2n) is 4.57. The van der Waals surface area contributed by atoms with Crippen molar-refractivity contribution >= 4 is 6.03 Å². The van der Waals surface area contributed by atoms with Crippen molar-refractivity contribution in [3.63, 3.8) is 0 Å². The van der Waals surface area contributed by atoms with Crippen molar-refractivity contribution in [2.24, 2.45) is 0 Å². The molecule has 3 N–H and O–H groups in total. The van der Waals surface area contributed by atoms with E-state index < -0.39 is 0 Å². The Morgan fingerprint density at radius 3 is 2.84 bits per heavy atom. The molecule has 100 valence electrons. The van der Waals surface area contributed by atoms with Gasteiger partial charge in [-0.05, 0) is 30.9 Å². The molecule has 1 aliphatic rings. The molecule has 0 bridgehead atoms. The zero-order chi connectivity index (χ0) is 13.5. The van der Waals surface area contributed by atoms with E-state index in [1.807, 2.05) is 24.3 Å². The van der Waals surface area contributed by atoms with E-state index in [0.29, 0.717) is 12.6 Å². The SMILES string of the molecule is O=C(NCc1ccccc1C#CCO)NC1CCC1. The van der Waals surface area contributed by atoms with Crippen molar-refractivity contribution in [2.75, 3.05) is 6.61 Å². The third kappa shape index (κ3) is 4.01. The monoisotopic (exact) mass is 258 g/mol. The molecule has 0 heterocycles. The summed E-state index contributed by atoms with van der Waals surface area (Å²) in [7, 11) is 0. The fraction of sp³-hybridized carbons (Fsp3) is 0.400. The minimum Gasteiger partial charge on any atom is -0.384 e. The molecule has 0 unspecified atom stereocenters. The lowest BCUT2D eigenvalue weighted by Crippen LogP contribution is -2.44. The Bertz CT molecular complexity index is 498. The van der Waals surface area contributed by atoms with E-state index >= 15 is 0 Å². The Balaban J connectivity index is 1.89. The first-order valence-corrected chi connectivity index (χ1v) is 6.51. The van der Waals surface area contributed by atoms with Crippen LogP contribution in [-0.2, 0) is 6.54 Å². The molecule has 2 amide bonds. The molecule has 0 saturated heterocycles. The summed E-state index contributed by atoms with van der Waals surface area (Å²) in [6.07, 6.45) is 3.35. The number of carbonyl (C=O) groups excluding carboxylic acids is 1. The zero-order valence-electron chi connectivity index (χ0n) is 10.8. The number of rotatable bonds is 3. The summed E-state index contributed by atoms with van der Waals surface area (Å²) in [5.74, 6) is 5.50. The number of amides is 2. The average molecular weight is 258 g/mol. The first kappa shape index (κ1) is 13.4. The predicted molar refractivity (Wildman–Crippen MR) is 73.4 cm³/mol. The van der Waals surface area contributed by atoms with Gasteiger partial charge in [-0.1, -0.05) is 30.0 Å². The molecule has 4 nitrogen and oxygen atoms in total. The molecule has 1 aromatic rings. The molecule has 0 atom stereocenters. The van der Waals surface area contributed by atoms with Gasteiger partial charge in [-0.3, -0.25) is 0 Å². The maximum atomic E-state index is 11.6. The highest BCUT2D eigenvalue weighted by Crippen LogP contribution is 2.17. The van der Waals surface area contributed by atoms with Crippen molar-refractivity contribution in [1.29, 1.82) is 0 Å². The summed E-state index contributed by atoms with van der Waals surface area (Å²) >= 11 is 0. The summed E-state index contributed by atoms with van der Waals surface area (Å²) in [5.41, 5.74) is 1.78. The maximum absolute atomic E-state index is 11.6. The first-order chi connectivity index (χ1) is 9.29.